The fourth-order valence-corrected chi connectivity index (χ4v) is 1.82. The summed E-state index contributed by atoms with van der Waals surface area (Å²) < 4.78 is 0. The van der Waals surface area contributed by atoms with Crippen LogP contribution in [-0.2, 0) is 0 Å². The Kier molecular flexibility index (Phi) is 3.75. The average molecular weight is 240 g/mol. The minimum atomic E-state index is 0.426. The van der Waals surface area contributed by atoms with Gasteiger partial charge in [0.15, 0.2) is 0 Å². The molecule has 2 heteroatoms. The summed E-state index contributed by atoms with van der Waals surface area (Å²) in [6.45, 7) is 8.65. The molecule has 94 valence electrons. The maximum Gasteiger partial charge on any atom is 0.0885 e. The molecular weight excluding hydrogens is 220 g/mol. The van der Waals surface area contributed by atoms with E-state index >= 15 is 0 Å². The molecule has 0 fully saturated rings. The predicted molar refractivity (Wildman–Crippen MR) is 75.6 cm³/mol. The van der Waals surface area contributed by atoms with Gasteiger partial charge >= 0.3 is 0 Å². The maximum atomic E-state index is 4.48. The fourth-order valence-electron chi connectivity index (χ4n) is 1.82. The van der Waals surface area contributed by atoms with Gasteiger partial charge in [0.05, 0.1) is 17.6 Å². The third-order valence-corrected chi connectivity index (χ3v) is 3.14. The molecule has 0 aliphatic rings. The van der Waals surface area contributed by atoms with Crippen molar-refractivity contribution in [3.05, 3.63) is 47.9 Å². The fraction of sp³-hybridized carbons (Fsp3) is 0.375. The van der Waals surface area contributed by atoms with Crippen LogP contribution in [0.1, 0.15) is 50.8 Å². The molecule has 0 aliphatic carbocycles. The summed E-state index contributed by atoms with van der Waals surface area (Å²) in [4.78, 5) is 8.93. The molecule has 2 rings (SSSR count). The molecular formula is C16H20N2. The molecule has 0 radical (unpaired) electrons. The zero-order chi connectivity index (χ0) is 13.1. The third kappa shape index (κ3) is 2.76. The first-order valence-electron chi connectivity index (χ1n) is 6.50. The average Bonchev–Trinajstić information content (AvgIpc) is 2.39. The van der Waals surface area contributed by atoms with Crippen molar-refractivity contribution in [2.45, 2.75) is 39.5 Å². The molecule has 0 saturated carbocycles. The molecule has 2 nitrogen and oxygen atoms in total. The molecule has 1 aromatic carbocycles. The SMILES string of the molecule is CC(C)c1ccc(-c2cnc(C(C)C)cn2)cc1. The number of benzene rings is 1. The standard InChI is InChI=1S/C16H20N2/c1-11(2)13-5-7-14(8-6-13)16-10-17-15(9-18-16)12(3)4/h5-12H,1-4H3. The second-order valence-corrected chi connectivity index (χ2v) is 5.26. The van der Waals surface area contributed by atoms with Crippen LogP contribution in [-0.4, -0.2) is 9.97 Å². The van der Waals surface area contributed by atoms with Crippen LogP contribution in [0.4, 0.5) is 0 Å². The highest BCUT2D eigenvalue weighted by Gasteiger charge is 2.04. The minimum Gasteiger partial charge on any atom is -0.257 e. The number of nitrogens with zero attached hydrogens (tertiary/aromatic N) is 2. The minimum absolute atomic E-state index is 0.426. The summed E-state index contributed by atoms with van der Waals surface area (Å²) in [5.74, 6) is 0.989. The Balaban J connectivity index is 2.25. The highest BCUT2D eigenvalue weighted by Crippen LogP contribution is 2.21. The van der Waals surface area contributed by atoms with Gasteiger partial charge in [-0.1, -0.05) is 52.0 Å². The Morgan fingerprint density at radius 3 is 1.89 bits per heavy atom. The van der Waals surface area contributed by atoms with Gasteiger partial charge < -0.3 is 0 Å². The number of rotatable bonds is 3. The predicted octanol–water partition coefficient (Wildman–Crippen LogP) is 4.39. The van der Waals surface area contributed by atoms with Gasteiger partial charge in [-0.3, -0.25) is 9.97 Å². The second-order valence-electron chi connectivity index (χ2n) is 5.26. The van der Waals surface area contributed by atoms with Crippen LogP contribution in [0, 0.1) is 0 Å². The van der Waals surface area contributed by atoms with Gasteiger partial charge in [0, 0.05) is 11.8 Å². The number of aromatic nitrogens is 2. The number of hydrogen-bond acceptors (Lipinski definition) is 2. The molecule has 18 heavy (non-hydrogen) atoms. The van der Waals surface area contributed by atoms with Gasteiger partial charge in [-0.05, 0) is 17.4 Å². The van der Waals surface area contributed by atoms with Crippen molar-refractivity contribution in [1.82, 2.24) is 9.97 Å². The zero-order valence-corrected chi connectivity index (χ0v) is 11.5. The lowest BCUT2D eigenvalue weighted by Gasteiger charge is -2.07. The first-order chi connectivity index (χ1) is 8.58. The second kappa shape index (κ2) is 5.30. The molecule has 0 N–H and O–H groups in total. The topological polar surface area (TPSA) is 25.8 Å². The summed E-state index contributed by atoms with van der Waals surface area (Å²) in [7, 11) is 0. The first-order valence-corrected chi connectivity index (χ1v) is 6.50. The van der Waals surface area contributed by atoms with Crippen molar-refractivity contribution < 1.29 is 0 Å². The molecule has 2 aromatic rings. The molecule has 0 atom stereocenters. The quantitative estimate of drug-likeness (QED) is 0.795. The molecule has 0 bridgehead atoms. The van der Waals surface area contributed by atoms with E-state index in [4.69, 9.17) is 0 Å². The van der Waals surface area contributed by atoms with E-state index in [1.807, 2.05) is 12.4 Å². The Morgan fingerprint density at radius 1 is 0.778 bits per heavy atom. The van der Waals surface area contributed by atoms with Crippen molar-refractivity contribution in [2.75, 3.05) is 0 Å². The number of hydrogen-bond donors (Lipinski definition) is 0. The van der Waals surface area contributed by atoms with Crippen LogP contribution >= 0.6 is 0 Å². The van der Waals surface area contributed by atoms with E-state index in [0.29, 0.717) is 11.8 Å². The Morgan fingerprint density at radius 2 is 1.44 bits per heavy atom. The summed E-state index contributed by atoms with van der Waals surface area (Å²) in [5, 5.41) is 0. The van der Waals surface area contributed by atoms with Gasteiger partial charge in [0.25, 0.3) is 0 Å². The Labute approximate surface area is 109 Å². The summed E-state index contributed by atoms with van der Waals surface area (Å²) in [6, 6.07) is 8.57. The largest absolute Gasteiger partial charge is 0.257 e. The summed E-state index contributed by atoms with van der Waals surface area (Å²) in [6.07, 6.45) is 3.73. The Bertz CT molecular complexity index is 446. The molecule has 0 saturated heterocycles. The highest BCUT2D eigenvalue weighted by atomic mass is 14.8. The molecule has 0 unspecified atom stereocenters. The first kappa shape index (κ1) is 12.7. The lowest BCUT2D eigenvalue weighted by Crippen LogP contribution is -1.95. The van der Waals surface area contributed by atoms with E-state index in [9.17, 15) is 0 Å². The van der Waals surface area contributed by atoms with Crippen molar-refractivity contribution >= 4 is 0 Å². The van der Waals surface area contributed by atoms with Crippen LogP contribution in [0.15, 0.2) is 36.7 Å². The van der Waals surface area contributed by atoms with E-state index in [0.717, 1.165) is 17.0 Å². The van der Waals surface area contributed by atoms with E-state index in [1.165, 1.54) is 5.56 Å². The van der Waals surface area contributed by atoms with Gasteiger partial charge in [0.2, 0.25) is 0 Å². The molecule has 0 spiro atoms. The van der Waals surface area contributed by atoms with E-state index < -0.39 is 0 Å². The van der Waals surface area contributed by atoms with E-state index in [2.05, 4.69) is 61.9 Å². The lowest BCUT2D eigenvalue weighted by molar-refractivity contribution is 0.813. The lowest BCUT2D eigenvalue weighted by atomic mass is 10.0. The van der Waals surface area contributed by atoms with Crippen molar-refractivity contribution in [3.8, 4) is 11.3 Å². The molecule has 1 aromatic heterocycles. The zero-order valence-electron chi connectivity index (χ0n) is 11.5. The third-order valence-electron chi connectivity index (χ3n) is 3.14. The molecule has 0 aliphatic heterocycles. The summed E-state index contributed by atoms with van der Waals surface area (Å²) >= 11 is 0. The van der Waals surface area contributed by atoms with Gasteiger partial charge in [-0.25, -0.2) is 0 Å². The van der Waals surface area contributed by atoms with Crippen molar-refractivity contribution in [2.24, 2.45) is 0 Å². The van der Waals surface area contributed by atoms with Crippen LogP contribution in [0.3, 0.4) is 0 Å². The monoisotopic (exact) mass is 240 g/mol. The van der Waals surface area contributed by atoms with Gasteiger partial charge in [0.1, 0.15) is 0 Å². The van der Waals surface area contributed by atoms with Crippen molar-refractivity contribution in [3.63, 3.8) is 0 Å². The van der Waals surface area contributed by atoms with Crippen LogP contribution < -0.4 is 0 Å². The van der Waals surface area contributed by atoms with E-state index in [-0.39, 0.29) is 0 Å². The van der Waals surface area contributed by atoms with E-state index in [1.54, 1.807) is 0 Å². The highest BCUT2D eigenvalue weighted by molar-refractivity contribution is 5.58. The Hall–Kier alpha value is -1.70. The summed E-state index contributed by atoms with van der Waals surface area (Å²) in [5.41, 5.74) is 4.46. The van der Waals surface area contributed by atoms with Crippen LogP contribution in [0.2, 0.25) is 0 Å². The molecule has 0 amide bonds. The van der Waals surface area contributed by atoms with Gasteiger partial charge in [-0.15, -0.1) is 0 Å². The smallest absolute Gasteiger partial charge is 0.0885 e. The van der Waals surface area contributed by atoms with Crippen LogP contribution in [0.5, 0.6) is 0 Å². The molecule has 1 heterocycles. The van der Waals surface area contributed by atoms with Crippen LogP contribution in [0.25, 0.3) is 11.3 Å². The maximum absolute atomic E-state index is 4.48. The van der Waals surface area contributed by atoms with Gasteiger partial charge in [-0.2, -0.15) is 0 Å². The normalized spacial score (nSPS) is 11.2. The van der Waals surface area contributed by atoms with Crippen molar-refractivity contribution in [1.29, 1.82) is 0 Å².